The van der Waals surface area contributed by atoms with Gasteiger partial charge in [-0.1, -0.05) is 0 Å². The molecule has 0 unspecified atom stereocenters. The van der Waals surface area contributed by atoms with Crippen LogP contribution >= 0.6 is 0 Å². The van der Waals surface area contributed by atoms with E-state index in [1.165, 1.54) is 0 Å². The third kappa shape index (κ3) is 1.49. The van der Waals surface area contributed by atoms with Gasteiger partial charge in [0.25, 0.3) is 0 Å². The Hall–Kier alpha value is -0.120. The van der Waals surface area contributed by atoms with Crippen LogP contribution in [0.1, 0.15) is 12.8 Å². The van der Waals surface area contributed by atoms with Crippen LogP contribution in [0, 0.1) is 12.8 Å². The summed E-state index contributed by atoms with van der Waals surface area (Å²) in [6, 6.07) is 0. The van der Waals surface area contributed by atoms with Gasteiger partial charge >= 0.3 is 0 Å². The van der Waals surface area contributed by atoms with Crippen LogP contribution in [0.5, 0.6) is 0 Å². The second kappa shape index (κ2) is 3.32. The van der Waals surface area contributed by atoms with Gasteiger partial charge in [-0.05, 0) is 13.3 Å². The second-order valence-corrected chi connectivity index (χ2v) is 3.44. The molecule has 0 aliphatic carbocycles. The lowest BCUT2D eigenvalue weighted by molar-refractivity contribution is -0.278. The van der Waals surface area contributed by atoms with E-state index in [1.807, 2.05) is 0 Å². The molecule has 2 radical (unpaired) electrons. The van der Waals surface area contributed by atoms with Crippen molar-refractivity contribution in [1.82, 2.24) is 0 Å². The Labute approximate surface area is 73.0 Å². The number of hydrogen-bond donors (Lipinski definition) is 0. The van der Waals surface area contributed by atoms with Crippen LogP contribution in [0.25, 0.3) is 0 Å². The first-order valence-electron chi connectivity index (χ1n) is 4.40. The topological polar surface area (TPSA) is 27.7 Å². The van der Waals surface area contributed by atoms with Crippen molar-refractivity contribution in [2.24, 2.45) is 5.92 Å². The van der Waals surface area contributed by atoms with Gasteiger partial charge < -0.3 is 14.2 Å². The van der Waals surface area contributed by atoms with E-state index in [1.54, 1.807) is 0 Å². The Morgan fingerprint density at radius 3 is 2.58 bits per heavy atom. The van der Waals surface area contributed by atoms with E-state index < -0.39 is 5.79 Å². The zero-order chi connectivity index (χ0) is 8.44. The fourth-order valence-corrected chi connectivity index (χ4v) is 1.52. The highest BCUT2D eigenvalue weighted by molar-refractivity contribution is 4.79. The highest BCUT2D eigenvalue weighted by atomic mass is 16.7. The molecule has 12 heavy (non-hydrogen) atoms. The van der Waals surface area contributed by atoms with Crippen LogP contribution < -0.4 is 0 Å². The summed E-state index contributed by atoms with van der Waals surface area (Å²) in [4.78, 5) is 0. The standard InChI is InChI=1S/C9H14O3/c1-2-8-5-11-9(12-6-8)3-4-10-7-9/h1,8H,2-7H2. The van der Waals surface area contributed by atoms with E-state index in [9.17, 15) is 0 Å². The lowest BCUT2D eigenvalue weighted by Crippen LogP contribution is -2.44. The lowest BCUT2D eigenvalue weighted by Gasteiger charge is -2.35. The van der Waals surface area contributed by atoms with Crippen molar-refractivity contribution in [3.05, 3.63) is 6.92 Å². The van der Waals surface area contributed by atoms with Crippen molar-refractivity contribution in [2.45, 2.75) is 18.6 Å². The first-order valence-corrected chi connectivity index (χ1v) is 4.40. The summed E-state index contributed by atoms with van der Waals surface area (Å²) in [7, 11) is 0. The fourth-order valence-electron chi connectivity index (χ4n) is 1.52. The van der Waals surface area contributed by atoms with Crippen molar-refractivity contribution >= 4 is 0 Å². The van der Waals surface area contributed by atoms with Gasteiger partial charge in [-0.25, -0.2) is 0 Å². The Balaban J connectivity index is 1.88. The minimum atomic E-state index is -0.425. The molecule has 2 heterocycles. The SMILES string of the molecule is [CH]CC1COC2(CCOC2)OC1. The summed E-state index contributed by atoms with van der Waals surface area (Å²) in [5.74, 6) is -0.0673. The molecule has 2 aliphatic heterocycles. The second-order valence-electron chi connectivity index (χ2n) is 3.44. The van der Waals surface area contributed by atoms with E-state index >= 15 is 0 Å². The monoisotopic (exact) mass is 170 g/mol. The van der Waals surface area contributed by atoms with Crippen molar-refractivity contribution in [3.63, 3.8) is 0 Å². The van der Waals surface area contributed by atoms with Crippen LogP contribution in [-0.2, 0) is 14.2 Å². The molecule has 1 spiro atoms. The van der Waals surface area contributed by atoms with Crippen LogP contribution in [0.4, 0.5) is 0 Å². The first kappa shape index (κ1) is 8.48. The van der Waals surface area contributed by atoms with Crippen LogP contribution in [-0.4, -0.2) is 32.2 Å². The minimum absolute atomic E-state index is 0.358. The molecule has 0 aromatic heterocycles. The normalized spacial score (nSPS) is 42.2. The van der Waals surface area contributed by atoms with Crippen molar-refractivity contribution in [3.8, 4) is 0 Å². The molecular weight excluding hydrogens is 156 g/mol. The summed E-state index contributed by atoms with van der Waals surface area (Å²) in [5.41, 5.74) is 0. The molecule has 3 heteroatoms. The maximum absolute atomic E-state index is 5.60. The summed E-state index contributed by atoms with van der Waals surface area (Å²) in [5, 5.41) is 0. The van der Waals surface area contributed by atoms with Crippen molar-refractivity contribution in [2.75, 3.05) is 26.4 Å². The van der Waals surface area contributed by atoms with Gasteiger partial charge in [-0.3, -0.25) is 0 Å². The summed E-state index contributed by atoms with van der Waals surface area (Å²) >= 11 is 0. The average Bonchev–Trinajstić information content (AvgIpc) is 2.55. The maximum Gasteiger partial charge on any atom is 0.193 e. The van der Waals surface area contributed by atoms with Gasteiger partial charge in [0.1, 0.15) is 6.61 Å². The maximum atomic E-state index is 5.60. The molecule has 2 aliphatic rings. The highest BCUT2D eigenvalue weighted by Crippen LogP contribution is 2.30. The fraction of sp³-hybridized carbons (Fsp3) is 0.889. The summed E-state index contributed by atoms with van der Waals surface area (Å²) < 4.78 is 16.4. The van der Waals surface area contributed by atoms with Crippen LogP contribution in [0.2, 0.25) is 0 Å². The van der Waals surface area contributed by atoms with E-state index in [0.717, 1.165) is 13.0 Å². The number of hydrogen-bond acceptors (Lipinski definition) is 3. The molecule has 0 amide bonds. The summed E-state index contributed by atoms with van der Waals surface area (Å²) in [6.45, 7) is 8.23. The third-order valence-corrected chi connectivity index (χ3v) is 2.45. The first-order chi connectivity index (χ1) is 5.85. The van der Waals surface area contributed by atoms with Crippen LogP contribution in [0.15, 0.2) is 0 Å². The summed E-state index contributed by atoms with van der Waals surface area (Å²) in [6.07, 6.45) is 1.49. The zero-order valence-corrected chi connectivity index (χ0v) is 7.12. The van der Waals surface area contributed by atoms with E-state index in [0.29, 0.717) is 32.2 Å². The molecule has 0 bridgehead atoms. The molecule has 0 atom stereocenters. The quantitative estimate of drug-likeness (QED) is 0.584. The highest BCUT2D eigenvalue weighted by Gasteiger charge is 2.40. The van der Waals surface area contributed by atoms with Crippen molar-refractivity contribution < 1.29 is 14.2 Å². The van der Waals surface area contributed by atoms with Gasteiger partial charge in [0.2, 0.25) is 0 Å². The largest absolute Gasteiger partial charge is 0.376 e. The number of ether oxygens (including phenoxy) is 3. The van der Waals surface area contributed by atoms with Gasteiger partial charge in [-0.2, -0.15) is 0 Å². The Morgan fingerprint density at radius 2 is 2.08 bits per heavy atom. The van der Waals surface area contributed by atoms with E-state index in [2.05, 4.69) is 0 Å². The van der Waals surface area contributed by atoms with Gasteiger partial charge in [0.15, 0.2) is 5.79 Å². The number of rotatable bonds is 1. The minimum Gasteiger partial charge on any atom is -0.376 e. The molecule has 0 N–H and O–H groups in total. The molecule has 2 fully saturated rings. The third-order valence-electron chi connectivity index (χ3n) is 2.45. The lowest BCUT2D eigenvalue weighted by atomic mass is 10.1. The molecule has 0 saturated carbocycles. The van der Waals surface area contributed by atoms with E-state index in [-0.39, 0.29) is 0 Å². The van der Waals surface area contributed by atoms with Gasteiger partial charge in [-0.15, -0.1) is 0 Å². The Kier molecular flexibility index (Phi) is 2.35. The average molecular weight is 170 g/mol. The van der Waals surface area contributed by atoms with Gasteiger partial charge in [0.05, 0.1) is 19.8 Å². The zero-order valence-electron chi connectivity index (χ0n) is 7.12. The molecular formula is C9H14O3. The Bertz CT molecular complexity index is 142. The molecule has 2 rings (SSSR count). The predicted molar refractivity (Wildman–Crippen MR) is 42.5 cm³/mol. The predicted octanol–water partition coefficient (Wildman–Crippen LogP) is 0.867. The molecule has 3 nitrogen and oxygen atoms in total. The van der Waals surface area contributed by atoms with Crippen LogP contribution in [0.3, 0.4) is 0 Å². The van der Waals surface area contributed by atoms with Crippen molar-refractivity contribution in [1.29, 1.82) is 0 Å². The molecule has 0 aromatic rings. The Morgan fingerprint density at radius 1 is 1.33 bits per heavy atom. The molecule has 2 saturated heterocycles. The van der Waals surface area contributed by atoms with E-state index in [4.69, 9.17) is 21.1 Å². The smallest absolute Gasteiger partial charge is 0.193 e. The molecule has 0 aromatic carbocycles. The molecule has 68 valence electrons. The van der Waals surface area contributed by atoms with Gasteiger partial charge in [0, 0.05) is 12.3 Å².